The molecule has 7 heteroatoms. The zero-order chi connectivity index (χ0) is 17.9. The number of carbonyl (C=O) groups excluding carboxylic acids is 1. The van der Waals surface area contributed by atoms with E-state index in [0.29, 0.717) is 36.9 Å². The third-order valence-corrected chi connectivity index (χ3v) is 4.50. The molecule has 0 bridgehead atoms. The molecule has 0 saturated carbocycles. The Kier molecular flexibility index (Phi) is 4.45. The molecule has 1 aromatic carbocycles. The average Bonchev–Trinajstić information content (AvgIpc) is 2.73. The minimum absolute atomic E-state index is 0.0926. The summed E-state index contributed by atoms with van der Waals surface area (Å²) in [5.41, 5.74) is 1.18. The summed E-state index contributed by atoms with van der Waals surface area (Å²) in [6.07, 6.45) is 4.61. The van der Waals surface area contributed by atoms with Crippen LogP contribution in [0.15, 0.2) is 48.9 Å². The predicted molar refractivity (Wildman–Crippen MR) is 97.9 cm³/mol. The van der Waals surface area contributed by atoms with Crippen LogP contribution in [0.5, 0.6) is 0 Å². The molecule has 3 heterocycles. The molecule has 1 aliphatic heterocycles. The Hall–Kier alpha value is -3.06. The summed E-state index contributed by atoms with van der Waals surface area (Å²) in [6, 6.07) is 9.69. The van der Waals surface area contributed by atoms with E-state index in [-0.39, 0.29) is 12.0 Å². The van der Waals surface area contributed by atoms with E-state index in [9.17, 15) is 4.79 Å². The van der Waals surface area contributed by atoms with Gasteiger partial charge in [0.25, 0.3) is 5.91 Å². The smallest absolute Gasteiger partial charge is 0.273 e. The van der Waals surface area contributed by atoms with Gasteiger partial charge in [0, 0.05) is 37.6 Å². The molecular formula is C19H19N5O2. The first kappa shape index (κ1) is 16.4. The number of rotatable bonds is 3. The fourth-order valence-electron chi connectivity index (χ4n) is 3.22. The fourth-order valence-corrected chi connectivity index (χ4v) is 3.22. The number of pyridine rings is 1. The number of carbonyl (C=O) groups is 1. The molecule has 2 aromatic heterocycles. The van der Waals surface area contributed by atoms with Gasteiger partial charge in [-0.15, -0.1) is 0 Å². The number of anilines is 1. The number of amides is 1. The number of aromatic nitrogens is 3. The van der Waals surface area contributed by atoms with E-state index in [0.717, 1.165) is 10.8 Å². The van der Waals surface area contributed by atoms with E-state index in [1.165, 1.54) is 0 Å². The van der Waals surface area contributed by atoms with Gasteiger partial charge in [-0.2, -0.15) is 0 Å². The molecule has 7 nitrogen and oxygen atoms in total. The van der Waals surface area contributed by atoms with Crippen molar-refractivity contribution in [3.05, 3.63) is 60.3 Å². The normalized spacial score (nSPS) is 17.3. The first-order chi connectivity index (χ1) is 12.8. The van der Waals surface area contributed by atoms with Gasteiger partial charge in [-0.25, -0.2) is 4.98 Å². The van der Waals surface area contributed by atoms with Crippen molar-refractivity contribution < 1.29 is 9.53 Å². The van der Waals surface area contributed by atoms with Crippen LogP contribution in [0.25, 0.3) is 10.8 Å². The molecule has 1 aliphatic rings. The zero-order valence-corrected chi connectivity index (χ0v) is 14.4. The summed E-state index contributed by atoms with van der Waals surface area (Å²) >= 11 is 0. The van der Waals surface area contributed by atoms with Crippen molar-refractivity contribution in [2.24, 2.45) is 0 Å². The van der Waals surface area contributed by atoms with Gasteiger partial charge in [0.1, 0.15) is 23.3 Å². The molecular weight excluding hydrogens is 330 g/mol. The summed E-state index contributed by atoms with van der Waals surface area (Å²) in [5.74, 6) is 0.570. The Labute approximate surface area is 151 Å². The molecule has 1 atom stereocenters. The van der Waals surface area contributed by atoms with Gasteiger partial charge in [-0.1, -0.05) is 24.3 Å². The molecule has 0 radical (unpaired) electrons. The van der Waals surface area contributed by atoms with Crippen LogP contribution < -0.4 is 5.32 Å². The number of fused-ring (bicyclic) bond motifs is 1. The summed E-state index contributed by atoms with van der Waals surface area (Å²) in [5, 5.41) is 4.88. The van der Waals surface area contributed by atoms with Gasteiger partial charge in [0.2, 0.25) is 0 Å². The maximum absolute atomic E-state index is 13.1. The molecule has 0 aliphatic carbocycles. The second kappa shape index (κ2) is 7.05. The maximum atomic E-state index is 13.1. The van der Waals surface area contributed by atoms with Gasteiger partial charge in [-0.05, 0) is 11.5 Å². The quantitative estimate of drug-likeness (QED) is 0.781. The summed E-state index contributed by atoms with van der Waals surface area (Å²) < 4.78 is 5.85. The van der Waals surface area contributed by atoms with Crippen LogP contribution in [0, 0.1) is 0 Å². The van der Waals surface area contributed by atoms with Crippen molar-refractivity contribution in [1.82, 2.24) is 19.9 Å². The first-order valence-corrected chi connectivity index (χ1v) is 8.51. The molecule has 1 amide bonds. The van der Waals surface area contributed by atoms with Crippen LogP contribution >= 0.6 is 0 Å². The Bertz CT molecular complexity index is 941. The minimum atomic E-state index is -0.321. The Balaban J connectivity index is 1.62. The molecule has 3 aromatic rings. The number of hydrogen-bond acceptors (Lipinski definition) is 6. The van der Waals surface area contributed by atoms with E-state index < -0.39 is 0 Å². The number of benzene rings is 1. The van der Waals surface area contributed by atoms with Gasteiger partial charge in [0.15, 0.2) is 0 Å². The van der Waals surface area contributed by atoms with Crippen LogP contribution in [0.2, 0.25) is 0 Å². The monoisotopic (exact) mass is 349 g/mol. The lowest BCUT2D eigenvalue weighted by Gasteiger charge is -2.33. The van der Waals surface area contributed by atoms with E-state index in [4.69, 9.17) is 4.74 Å². The molecule has 1 fully saturated rings. The van der Waals surface area contributed by atoms with Crippen molar-refractivity contribution in [1.29, 1.82) is 0 Å². The van der Waals surface area contributed by atoms with E-state index in [2.05, 4.69) is 20.3 Å². The third kappa shape index (κ3) is 2.97. The van der Waals surface area contributed by atoms with Crippen molar-refractivity contribution in [2.45, 2.75) is 6.10 Å². The van der Waals surface area contributed by atoms with Crippen LogP contribution in [0.1, 0.15) is 22.3 Å². The maximum Gasteiger partial charge on any atom is 0.273 e. The average molecular weight is 349 g/mol. The molecule has 132 valence electrons. The summed E-state index contributed by atoms with van der Waals surface area (Å²) in [6.45, 7) is 1.38. The minimum Gasteiger partial charge on any atom is -0.372 e. The van der Waals surface area contributed by atoms with Crippen molar-refractivity contribution in [3.8, 4) is 0 Å². The molecule has 4 rings (SSSR count). The highest BCUT2D eigenvalue weighted by atomic mass is 16.5. The Morgan fingerprint density at radius 2 is 2.00 bits per heavy atom. The summed E-state index contributed by atoms with van der Waals surface area (Å²) in [7, 11) is 1.79. The van der Waals surface area contributed by atoms with E-state index in [1.54, 1.807) is 30.5 Å². The fraction of sp³-hybridized carbons (Fsp3) is 0.263. The third-order valence-electron chi connectivity index (χ3n) is 4.50. The van der Waals surface area contributed by atoms with Crippen LogP contribution in [0.3, 0.4) is 0 Å². The van der Waals surface area contributed by atoms with Crippen LogP contribution in [-0.2, 0) is 4.74 Å². The number of nitrogens with zero attached hydrogens (tertiary/aromatic N) is 4. The van der Waals surface area contributed by atoms with E-state index in [1.807, 2.05) is 30.3 Å². The second-order valence-electron chi connectivity index (χ2n) is 6.03. The van der Waals surface area contributed by atoms with Crippen LogP contribution in [-0.4, -0.2) is 52.5 Å². The Morgan fingerprint density at radius 1 is 1.15 bits per heavy atom. The number of ether oxygens (including phenoxy) is 1. The predicted octanol–water partition coefficient (Wildman–Crippen LogP) is 2.28. The van der Waals surface area contributed by atoms with E-state index >= 15 is 0 Å². The lowest BCUT2D eigenvalue weighted by atomic mass is 10.1. The number of morpholine rings is 1. The highest BCUT2D eigenvalue weighted by molar-refractivity contribution is 6.05. The van der Waals surface area contributed by atoms with Gasteiger partial charge >= 0.3 is 0 Å². The van der Waals surface area contributed by atoms with Gasteiger partial charge in [-0.3, -0.25) is 14.8 Å². The SMILES string of the molecule is CNc1nccnc1[C@H]1CN(C(=O)c2nccc3ccccc23)CCO1. The molecule has 0 unspecified atom stereocenters. The second-order valence-corrected chi connectivity index (χ2v) is 6.03. The lowest BCUT2D eigenvalue weighted by molar-refractivity contribution is -0.0246. The van der Waals surface area contributed by atoms with Crippen molar-refractivity contribution >= 4 is 22.5 Å². The molecule has 0 spiro atoms. The number of hydrogen-bond donors (Lipinski definition) is 1. The van der Waals surface area contributed by atoms with Gasteiger partial charge in [0.05, 0.1) is 13.2 Å². The number of nitrogens with one attached hydrogen (secondary N) is 1. The zero-order valence-electron chi connectivity index (χ0n) is 14.4. The highest BCUT2D eigenvalue weighted by Gasteiger charge is 2.30. The summed E-state index contributed by atoms with van der Waals surface area (Å²) in [4.78, 5) is 27.9. The topological polar surface area (TPSA) is 80.2 Å². The standard InChI is InChI=1S/C19H19N5O2/c1-20-18-17(22-8-9-23-18)15-12-24(10-11-26-15)19(25)16-14-5-3-2-4-13(14)6-7-21-16/h2-9,15H,10-12H2,1H3,(H,20,23)/t15-/m1/s1. The largest absolute Gasteiger partial charge is 0.372 e. The van der Waals surface area contributed by atoms with Gasteiger partial charge < -0.3 is 15.0 Å². The molecule has 1 saturated heterocycles. The lowest BCUT2D eigenvalue weighted by Crippen LogP contribution is -2.43. The molecule has 26 heavy (non-hydrogen) atoms. The van der Waals surface area contributed by atoms with Crippen molar-refractivity contribution in [3.63, 3.8) is 0 Å². The van der Waals surface area contributed by atoms with Crippen molar-refractivity contribution in [2.75, 3.05) is 32.1 Å². The molecule has 1 N–H and O–H groups in total. The first-order valence-electron chi connectivity index (χ1n) is 8.51. The highest BCUT2D eigenvalue weighted by Crippen LogP contribution is 2.26. The van der Waals surface area contributed by atoms with Crippen LogP contribution in [0.4, 0.5) is 5.82 Å². The Morgan fingerprint density at radius 3 is 2.88 bits per heavy atom.